The molecule has 9 heteroatoms. The molecule has 160 valence electrons. The molecule has 2 aromatic carbocycles. The smallest absolute Gasteiger partial charge is 0.260 e. The molecule has 1 N–H and O–H groups in total. The Kier molecular flexibility index (Phi) is 7.64. The first-order chi connectivity index (χ1) is 14.5. The molecular weight excluding hydrogens is 459 g/mol. The molecule has 2 amide bonds. The monoisotopic (exact) mass is 480 g/mol. The Labute approximate surface area is 182 Å². The van der Waals surface area contributed by atoms with Crippen LogP contribution in [0.15, 0.2) is 40.9 Å². The van der Waals surface area contributed by atoms with E-state index in [4.69, 9.17) is 14.2 Å². The van der Waals surface area contributed by atoms with Crippen molar-refractivity contribution >= 4 is 33.4 Å². The second kappa shape index (κ2) is 10.4. The zero-order chi connectivity index (χ0) is 21.5. The molecule has 2 aromatic rings. The van der Waals surface area contributed by atoms with Crippen molar-refractivity contribution in [2.45, 2.75) is 6.92 Å². The van der Waals surface area contributed by atoms with E-state index < -0.39 is 11.7 Å². The van der Waals surface area contributed by atoms with Crippen molar-refractivity contribution in [2.75, 3.05) is 44.8 Å². The second-order valence-corrected chi connectivity index (χ2v) is 7.37. The van der Waals surface area contributed by atoms with E-state index in [1.165, 1.54) is 24.3 Å². The second-order valence-electron chi connectivity index (χ2n) is 6.45. The highest BCUT2D eigenvalue weighted by atomic mass is 79.9. The predicted molar refractivity (Wildman–Crippen MR) is 113 cm³/mol. The Morgan fingerprint density at radius 1 is 1.13 bits per heavy atom. The number of halogens is 2. The number of amides is 2. The van der Waals surface area contributed by atoms with Crippen LogP contribution in [0.1, 0.15) is 17.3 Å². The SMILES string of the molecule is CCOc1cc(C(=O)Nc2ccc(Br)cc2F)ccc1OCC(=O)N1CCOCC1. The fourth-order valence-corrected chi connectivity index (χ4v) is 3.20. The molecule has 1 saturated heterocycles. The van der Waals surface area contributed by atoms with Crippen LogP contribution in [0.3, 0.4) is 0 Å². The lowest BCUT2D eigenvalue weighted by Gasteiger charge is -2.26. The normalized spacial score (nSPS) is 13.6. The largest absolute Gasteiger partial charge is 0.490 e. The molecule has 0 saturated carbocycles. The van der Waals surface area contributed by atoms with Crippen molar-refractivity contribution in [1.82, 2.24) is 4.90 Å². The highest BCUT2D eigenvalue weighted by Gasteiger charge is 2.19. The van der Waals surface area contributed by atoms with Crippen LogP contribution in [0.5, 0.6) is 11.5 Å². The summed E-state index contributed by atoms with van der Waals surface area (Å²) in [4.78, 5) is 26.5. The minimum absolute atomic E-state index is 0.0672. The van der Waals surface area contributed by atoms with Gasteiger partial charge in [-0.2, -0.15) is 0 Å². The molecule has 1 fully saturated rings. The molecule has 0 bridgehead atoms. The summed E-state index contributed by atoms with van der Waals surface area (Å²) < 4.78 is 31.0. The Balaban J connectivity index is 1.69. The number of nitrogens with zero attached hydrogens (tertiary/aromatic N) is 1. The van der Waals surface area contributed by atoms with Gasteiger partial charge in [0.25, 0.3) is 11.8 Å². The van der Waals surface area contributed by atoms with Crippen LogP contribution in [0.4, 0.5) is 10.1 Å². The molecule has 0 radical (unpaired) electrons. The summed E-state index contributed by atoms with van der Waals surface area (Å²) in [5, 5.41) is 2.53. The summed E-state index contributed by atoms with van der Waals surface area (Å²) >= 11 is 3.18. The minimum atomic E-state index is -0.552. The van der Waals surface area contributed by atoms with E-state index in [2.05, 4.69) is 21.2 Å². The molecule has 30 heavy (non-hydrogen) atoms. The van der Waals surface area contributed by atoms with Gasteiger partial charge in [0, 0.05) is 23.1 Å². The zero-order valence-corrected chi connectivity index (χ0v) is 18.0. The van der Waals surface area contributed by atoms with Gasteiger partial charge in [0.1, 0.15) is 5.82 Å². The molecule has 0 aliphatic carbocycles. The summed E-state index contributed by atoms with van der Waals surface area (Å²) in [6.07, 6.45) is 0. The number of hydrogen-bond acceptors (Lipinski definition) is 5. The number of hydrogen-bond donors (Lipinski definition) is 1. The maximum absolute atomic E-state index is 14.0. The summed E-state index contributed by atoms with van der Waals surface area (Å²) in [5.41, 5.74) is 0.338. The third-order valence-corrected chi connectivity index (χ3v) is 4.89. The fraction of sp³-hybridized carbons (Fsp3) is 0.333. The highest BCUT2D eigenvalue weighted by molar-refractivity contribution is 9.10. The highest BCUT2D eigenvalue weighted by Crippen LogP contribution is 2.29. The lowest BCUT2D eigenvalue weighted by Crippen LogP contribution is -2.43. The van der Waals surface area contributed by atoms with Crippen LogP contribution in [0, 0.1) is 5.82 Å². The molecule has 0 atom stereocenters. The molecule has 0 spiro atoms. The third-order valence-electron chi connectivity index (χ3n) is 4.40. The van der Waals surface area contributed by atoms with E-state index in [0.29, 0.717) is 48.9 Å². The lowest BCUT2D eigenvalue weighted by molar-refractivity contribution is -0.137. The van der Waals surface area contributed by atoms with Crippen molar-refractivity contribution in [3.05, 3.63) is 52.3 Å². The number of carbonyl (C=O) groups is 2. The summed E-state index contributed by atoms with van der Waals surface area (Å²) in [7, 11) is 0. The fourth-order valence-electron chi connectivity index (χ4n) is 2.87. The average Bonchev–Trinajstić information content (AvgIpc) is 2.75. The Morgan fingerprint density at radius 3 is 2.60 bits per heavy atom. The number of carbonyl (C=O) groups excluding carboxylic acids is 2. The maximum Gasteiger partial charge on any atom is 0.260 e. The van der Waals surface area contributed by atoms with Gasteiger partial charge in [0.05, 0.1) is 25.5 Å². The average molecular weight is 481 g/mol. The number of morpholine rings is 1. The molecular formula is C21H22BrFN2O5. The van der Waals surface area contributed by atoms with Gasteiger partial charge < -0.3 is 24.4 Å². The van der Waals surface area contributed by atoms with Gasteiger partial charge in [-0.3, -0.25) is 9.59 Å². The Hall–Kier alpha value is -2.65. The van der Waals surface area contributed by atoms with E-state index in [1.54, 1.807) is 24.0 Å². The standard InChI is InChI=1S/C21H22BrFN2O5/c1-2-29-19-11-14(21(27)24-17-5-4-15(22)12-16(17)23)3-6-18(19)30-13-20(26)25-7-9-28-10-8-25/h3-6,11-12H,2,7-10,13H2,1H3,(H,24,27). The molecule has 0 aromatic heterocycles. The van der Waals surface area contributed by atoms with Crippen molar-refractivity contribution in [3.8, 4) is 11.5 Å². The summed E-state index contributed by atoms with van der Waals surface area (Å²) in [5.74, 6) is -0.508. The van der Waals surface area contributed by atoms with Gasteiger partial charge in [-0.1, -0.05) is 15.9 Å². The van der Waals surface area contributed by atoms with Gasteiger partial charge in [-0.25, -0.2) is 4.39 Å². The van der Waals surface area contributed by atoms with Gasteiger partial charge in [0.2, 0.25) is 0 Å². The minimum Gasteiger partial charge on any atom is -0.490 e. The van der Waals surface area contributed by atoms with E-state index >= 15 is 0 Å². The quantitative estimate of drug-likeness (QED) is 0.656. The van der Waals surface area contributed by atoms with E-state index in [9.17, 15) is 14.0 Å². The maximum atomic E-state index is 14.0. The number of anilines is 1. The number of nitrogens with one attached hydrogen (secondary N) is 1. The molecule has 1 aliphatic rings. The predicted octanol–water partition coefficient (Wildman–Crippen LogP) is 3.48. The first-order valence-corrected chi connectivity index (χ1v) is 10.3. The summed E-state index contributed by atoms with van der Waals surface area (Å²) in [6.45, 7) is 4.10. The topological polar surface area (TPSA) is 77.1 Å². The molecule has 3 rings (SSSR count). The van der Waals surface area contributed by atoms with Crippen molar-refractivity contribution in [1.29, 1.82) is 0 Å². The van der Waals surface area contributed by atoms with Crippen LogP contribution in [0.2, 0.25) is 0 Å². The summed E-state index contributed by atoms with van der Waals surface area (Å²) in [6, 6.07) is 8.96. The van der Waals surface area contributed by atoms with Crippen LogP contribution in [-0.2, 0) is 9.53 Å². The van der Waals surface area contributed by atoms with E-state index in [-0.39, 0.29) is 23.8 Å². The molecule has 1 aliphatic heterocycles. The van der Waals surface area contributed by atoms with E-state index in [0.717, 1.165) is 0 Å². The first-order valence-electron chi connectivity index (χ1n) is 9.49. The van der Waals surface area contributed by atoms with Crippen LogP contribution < -0.4 is 14.8 Å². The number of rotatable bonds is 7. The zero-order valence-electron chi connectivity index (χ0n) is 16.5. The number of benzene rings is 2. The first kappa shape index (κ1) is 22.0. The van der Waals surface area contributed by atoms with E-state index in [1.807, 2.05) is 0 Å². The Bertz CT molecular complexity index is 918. The lowest BCUT2D eigenvalue weighted by atomic mass is 10.1. The van der Waals surface area contributed by atoms with Crippen LogP contribution in [-0.4, -0.2) is 56.2 Å². The molecule has 1 heterocycles. The van der Waals surface area contributed by atoms with Gasteiger partial charge in [-0.05, 0) is 43.3 Å². The number of ether oxygens (including phenoxy) is 3. The van der Waals surface area contributed by atoms with Crippen molar-refractivity contribution in [3.63, 3.8) is 0 Å². The van der Waals surface area contributed by atoms with Gasteiger partial charge in [-0.15, -0.1) is 0 Å². The molecule has 0 unspecified atom stereocenters. The van der Waals surface area contributed by atoms with Gasteiger partial charge >= 0.3 is 0 Å². The van der Waals surface area contributed by atoms with Crippen LogP contribution >= 0.6 is 15.9 Å². The van der Waals surface area contributed by atoms with Gasteiger partial charge in [0.15, 0.2) is 18.1 Å². The Morgan fingerprint density at radius 2 is 1.90 bits per heavy atom. The van der Waals surface area contributed by atoms with Crippen molar-refractivity contribution < 1.29 is 28.2 Å². The third kappa shape index (κ3) is 5.70. The van der Waals surface area contributed by atoms with Crippen molar-refractivity contribution in [2.24, 2.45) is 0 Å². The van der Waals surface area contributed by atoms with Crippen LogP contribution in [0.25, 0.3) is 0 Å². The molecule has 7 nitrogen and oxygen atoms in total.